The Bertz CT molecular complexity index is 1150. The molecule has 2 aromatic carbocycles. The molecule has 9 nitrogen and oxygen atoms in total. The van der Waals surface area contributed by atoms with E-state index in [0.29, 0.717) is 30.9 Å². The summed E-state index contributed by atoms with van der Waals surface area (Å²) in [6, 6.07) is 12.5. The quantitative estimate of drug-likeness (QED) is 0.547. The van der Waals surface area contributed by atoms with Crippen LogP contribution in [-0.2, 0) is 21.4 Å². The molecule has 2 fully saturated rings. The van der Waals surface area contributed by atoms with Gasteiger partial charge in [0.05, 0.1) is 5.75 Å². The van der Waals surface area contributed by atoms with Gasteiger partial charge in [0, 0.05) is 13.1 Å². The number of halogens is 1. The van der Waals surface area contributed by atoms with Gasteiger partial charge in [0.25, 0.3) is 5.91 Å². The van der Waals surface area contributed by atoms with E-state index < -0.39 is 33.3 Å². The number of piperidine rings is 1. The van der Waals surface area contributed by atoms with Gasteiger partial charge in [-0.25, -0.2) is 21.9 Å². The highest BCUT2D eigenvalue weighted by Gasteiger charge is 2.46. The first-order valence-corrected chi connectivity index (χ1v) is 12.5. The second kappa shape index (κ2) is 9.59. The molecule has 182 valence electrons. The van der Waals surface area contributed by atoms with Crippen LogP contribution in [0.15, 0.2) is 48.5 Å². The van der Waals surface area contributed by atoms with Crippen LogP contribution in [0.25, 0.3) is 0 Å². The Hall–Kier alpha value is -3.18. The third kappa shape index (κ3) is 5.65. The summed E-state index contributed by atoms with van der Waals surface area (Å²) in [7, 11) is -3.75. The Kier molecular flexibility index (Phi) is 6.76. The van der Waals surface area contributed by atoms with Gasteiger partial charge in [-0.1, -0.05) is 12.1 Å². The van der Waals surface area contributed by atoms with Crippen molar-refractivity contribution in [2.24, 2.45) is 0 Å². The molecular formula is C23H26FN3O6S. The van der Waals surface area contributed by atoms with Gasteiger partial charge in [0.15, 0.2) is 0 Å². The van der Waals surface area contributed by atoms with Gasteiger partial charge in [-0.2, -0.15) is 0 Å². The first kappa shape index (κ1) is 24.0. The molecule has 34 heavy (non-hydrogen) atoms. The van der Waals surface area contributed by atoms with Crippen molar-refractivity contribution in [1.82, 2.24) is 14.9 Å². The molecule has 2 saturated heterocycles. The summed E-state index contributed by atoms with van der Waals surface area (Å²) in [6.07, 6.45) is 0.844. The molecule has 2 aliphatic rings. The molecule has 0 radical (unpaired) electrons. The maximum absolute atomic E-state index is 13.0. The summed E-state index contributed by atoms with van der Waals surface area (Å²) in [5, 5.41) is 4.46. The fourth-order valence-corrected chi connectivity index (χ4v) is 5.80. The standard InChI is InChI=1S/C23H26FN3O6S/c1-23(21(28)25-22(29)26-23)15-34(30,31)27-12-10-20(11-13-27)33-19-8-6-18(7-9-19)32-14-16-2-4-17(24)5-3-16/h2-9,20H,10-15H2,1H3,(H2,25,26,28,29)/t23-/m1/s1. The van der Waals surface area contributed by atoms with E-state index in [1.54, 1.807) is 36.4 Å². The first-order valence-electron chi connectivity index (χ1n) is 10.9. The number of amides is 3. The topological polar surface area (TPSA) is 114 Å². The number of hydrogen-bond acceptors (Lipinski definition) is 6. The number of rotatable bonds is 8. The van der Waals surface area contributed by atoms with Gasteiger partial charge in [-0.15, -0.1) is 0 Å². The SMILES string of the molecule is C[C@]1(CS(=O)(=O)N2CCC(Oc3ccc(OCc4ccc(F)cc4)cc3)CC2)NC(=O)NC1=O. The van der Waals surface area contributed by atoms with Crippen LogP contribution in [0.1, 0.15) is 25.3 Å². The fourth-order valence-electron chi connectivity index (χ4n) is 3.92. The van der Waals surface area contributed by atoms with Crippen LogP contribution in [0.2, 0.25) is 0 Å². The minimum Gasteiger partial charge on any atom is -0.490 e. The third-order valence-electron chi connectivity index (χ3n) is 5.83. The van der Waals surface area contributed by atoms with Crippen molar-refractivity contribution in [1.29, 1.82) is 0 Å². The molecule has 2 N–H and O–H groups in total. The van der Waals surface area contributed by atoms with Crippen molar-refractivity contribution in [3.05, 3.63) is 59.9 Å². The molecule has 0 unspecified atom stereocenters. The molecule has 11 heteroatoms. The lowest BCUT2D eigenvalue weighted by Gasteiger charge is -2.33. The number of nitrogens with zero attached hydrogens (tertiary/aromatic N) is 1. The number of imide groups is 1. The molecule has 0 saturated carbocycles. The molecule has 2 aliphatic heterocycles. The van der Waals surface area contributed by atoms with Crippen LogP contribution in [0.4, 0.5) is 9.18 Å². The van der Waals surface area contributed by atoms with Crippen LogP contribution in [0.3, 0.4) is 0 Å². The molecule has 2 heterocycles. The second-order valence-electron chi connectivity index (χ2n) is 8.60. The predicted octanol–water partition coefficient (Wildman–Crippen LogP) is 2.18. The molecule has 1 atom stereocenters. The van der Waals surface area contributed by atoms with Crippen LogP contribution >= 0.6 is 0 Å². The zero-order valence-electron chi connectivity index (χ0n) is 18.6. The number of urea groups is 1. The molecule has 0 aliphatic carbocycles. The van der Waals surface area contributed by atoms with Crippen LogP contribution in [-0.4, -0.2) is 55.1 Å². The predicted molar refractivity (Wildman–Crippen MR) is 121 cm³/mol. The van der Waals surface area contributed by atoms with E-state index in [1.165, 1.54) is 23.4 Å². The van der Waals surface area contributed by atoms with E-state index in [9.17, 15) is 22.4 Å². The van der Waals surface area contributed by atoms with Crippen molar-refractivity contribution < 1.29 is 31.9 Å². The average Bonchev–Trinajstić information content (AvgIpc) is 3.04. The van der Waals surface area contributed by atoms with Crippen molar-refractivity contribution >= 4 is 22.0 Å². The zero-order chi connectivity index (χ0) is 24.3. The largest absolute Gasteiger partial charge is 0.490 e. The molecule has 4 rings (SSSR count). The molecule has 0 aromatic heterocycles. The van der Waals surface area contributed by atoms with Gasteiger partial charge in [0.2, 0.25) is 10.0 Å². The number of carbonyl (C=O) groups excluding carboxylic acids is 2. The number of carbonyl (C=O) groups is 2. The lowest BCUT2D eigenvalue weighted by Crippen LogP contribution is -2.53. The Morgan fingerprint density at radius 2 is 1.65 bits per heavy atom. The van der Waals surface area contributed by atoms with Gasteiger partial charge in [-0.3, -0.25) is 10.1 Å². The van der Waals surface area contributed by atoms with Crippen molar-refractivity contribution in [3.8, 4) is 11.5 Å². The fraction of sp³-hybridized carbons (Fsp3) is 0.391. The van der Waals surface area contributed by atoms with E-state index in [1.807, 2.05) is 0 Å². The first-order chi connectivity index (χ1) is 16.1. The van der Waals surface area contributed by atoms with E-state index in [2.05, 4.69) is 10.6 Å². The summed E-state index contributed by atoms with van der Waals surface area (Å²) in [6.45, 7) is 2.24. The molecule has 0 bridgehead atoms. The number of nitrogens with one attached hydrogen (secondary N) is 2. The average molecular weight is 492 g/mol. The van der Waals surface area contributed by atoms with Gasteiger partial charge in [-0.05, 0) is 61.7 Å². The molecular weight excluding hydrogens is 465 g/mol. The van der Waals surface area contributed by atoms with E-state index in [0.717, 1.165) is 5.56 Å². The summed E-state index contributed by atoms with van der Waals surface area (Å²) in [5.74, 6) is -0.146. The summed E-state index contributed by atoms with van der Waals surface area (Å²) < 4.78 is 51.6. The van der Waals surface area contributed by atoms with E-state index in [-0.39, 0.29) is 25.0 Å². The molecule has 0 spiro atoms. The highest BCUT2D eigenvalue weighted by molar-refractivity contribution is 7.89. The summed E-state index contributed by atoms with van der Waals surface area (Å²) in [5.41, 5.74) is -0.627. The Morgan fingerprint density at radius 1 is 1.03 bits per heavy atom. The maximum atomic E-state index is 13.0. The second-order valence-corrected chi connectivity index (χ2v) is 10.6. The maximum Gasteiger partial charge on any atom is 0.322 e. The highest BCUT2D eigenvalue weighted by atomic mass is 32.2. The van der Waals surface area contributed by atoms with Crippen LogP contribution in [0.5, 0.6) is 11.5 Å². The van der Waals surface area contributed by atoms with Gasteiger partial charge >= 0.3 is 6.03 Å². The number of hydrogen-bond donors (Lipinski definition) is 2. The normalized spacial score (nSPS) is 21.7. The Labute approximate surface area is 197 Å². The van der Waals surface area contributed by atoms with Crippen LogP contribution in [0, 0.1) is 5.82 Å². The zero-order valence-corrected chi connectivity index (χ0v) is 19.4. The van der Waals surface area contributed by atoms with E-state index in [4.69, 9.17) is 9.47 Å². The van der Waals surface area contributed by atoms with Crippen LogP contribution < -0.4 is 20.1 Å². The highest BCUT2D eigenvalue weighted by Crippen LogP contribution is 2.25. The monoisotopic (exact) mass is 491 g/mol. The van der Waals surface area contributed by atoms with Crippen molar-refractivity contribution in [2.45, 2.75) is 38.0 Å². The smallest absolute Gasteiger partial charge is 0.322 e. The minimum atomic E-state index is -3.75. The Morgan fingerprint density at radius 3 is 2.24 bits per heavy atom. The number of benzene rings is 2. The molecule has 3 amide bonds. The molecule has 2 aromatic rings. The third-order valence-corrected chi connectivity index (χ3v) is 7.92. The summed E-state index contributed by atoms with van der Waals surface area (Å²) in [4.78, 5) is 23.3. The van der Waals surface area contributed by atoms with Gasteiger partial charge < -0.3 is 14.8 Å². The van der Waals surface area contributed by atoms with Crippen molar-refractivity contribution in [3.63, 3.8) is 0 Å². The van der Waals surface area contributed by atoms with Gasteiger partial charge in [0.1, 0.15) is 35.6 Å². The van der Waals surface area contributed by atoms with E-state index >= 15 is 0 Å². The Balaban J connectivity index is 1.25. The van der Waals surface area contributed by atoms with Crippen molar-refractivity contribution in [2.75, 3.05) is 18.8 Å². The lowest BCUT2D eigenvalue weighted by atomic mass is 10.1. The summed E-state index contributed by atoms with van der Waals surface area (Å²) >= 11 is 0. The number of sulfonamides is 1. The number of ether oxygens (including phenoxy) is 2. The minimum absolute atomic E-state index is 0.150. The lowest BCUT2D eigenvalue weighted by molar-refractivity contribution is -0.122.